The third-order valence-electron chi connectivity index (χ3n) is 5.69. The summed E-state index contributed by atoms with van der Waals surface area (Å²) >= 11 is 1.79. The van der Waals surface area contributed by atoms with Crippen molar-refractivity contribution in [2.24, 2.45) is 0 Å². The van der Waals surface area contributed by atoms with Crippen LogP contribution >= 0.6 is 11.3 Å². The standard InChI is InChI=1S/C23H29N3O2S/c1-17-13-18(7-8-21(17)28-2)14-26-11-10-25(15-19(26)9-12-27)16-23-24-20-5-3-4-6-22(20)29-23/h3-8,13,19,27H,9-12,14-16H2,1-2H3. The summed E-state index contributed by atoms with van der Waals surface area (Å²) in [6.07, 6.45) is 0.797. The second-order valence-corrected chi connectivity index (χ2v) is 8.87. The molecular weight excluding hydrogens is 382 g/mol. The quantitative estimate of drug-likeness (QED) is 0.643. The number of benzene rings is 2. The van der Waals surface area contributed by atoms with Crippen molar-refractivity contribution >= 4 is 21.6 Å². The molecule has 1 unspecified atom stereocenters. The van der Waals surface area contributed by atoms with E-state index >= 15 is 0 Å². The zero-order valence-electron chi connectivity index (χ0n) is 17.2. The van der Waals surface area contributed by atoms with Crippen molar-refractivity contribution in [3.63, 3.8) is 0 Å². The fourth-order valence-corrected chi connectivity index (χ4v) is 5.19. The molecule has 1 fully saturated rings. The fraction of sp³-hybridized carbons (Fsp3) is 0.435. The molecule has 1 aromatic heterocycles. The fourth-order valence-electron chi connectivity index (χ4n) is 4.18. The van der Waals surface area contributed by atoms with Crippen LogP contribution in [0.5, 0.6) is 5.75 Å². The Bertz CT molecular complexity index is 925. The van der Waals surface area contributed by atoms with Gasteiger partial charge in [-0.15, -0.1) is 11.3 Å². The minimum Gasteiger partial charge on any atom is -0.496 e. The predicted molar refractivity (Wildman–Crippen MR) is 119 cm³/mol. The van der Waals surface area contributed by atoms with Crippen LogP contribution in [-0.2, 0) is 13.1 Å². The topological polar surface area (TPSA) is 48.8 Å². The minimum atomic E-state index is 0.220. The molecule has 154 valence electrons. The maximum absolute atomic E-state index is 9.61. The van der Waals surface area contributed by atoms with Gasteiger partial charge in [-0.2, -0.15) is 0 Å². The van der Waals surface area contributed by atoms with Crippen LogP contribution in [0.25, 0.3) is 10.2 Å². The van der Waals surface area contributed by atoms with E-state index in [1.165, 1.54) is 15.3 Å². The molecule has 1 aliphatic heterocycles. The van der Waals surface area contributed by atoms with E-state index in [9.17, 15) is 5.11 Å². The SMILES string of the molecule is COc1ccc(CN2CCN(Cc3nc4ccccc4s3)CC2CCO)cc1C. The third kappa shape index (κ3) is 4.78. The number of piperazine rings is 1. The summed E-state index contributed by atoms with van der Waals surface area (Å²) in [7, 11) is 1.71. The molecule has 0 bridgehead atoms. The first-order valence-electron chi connectivity index (χ1n) is 10.2. The zero-order valence-corrected chi connectivity index (χ0v) is 18.0. The number of para-hydroxylation sites is 1. The molecule has 5 nitrogen and oxygen atoms in total. The number of thiazole rings is 1. The Labute approximate surface area is 176 Å². The molecule has 1 aliphatic rings. The van der Waals surface area contributed by atoms with E-state index in [0.29, 0.717) is 6.04 Å². The molecule has 29 heavy (non-hydrogen) atoms. The summed E-state index contributed by atoms with van der Waals surface area (Å²) in [6, 6.07) is 15.1. The van der Waals surface area contributed by atoms with Crippen molar-refractivity contribution in [3.8, 4) is 5.75 Å². The van der Waals surface area contributed by atoms with Gasteiger partial charge in [-0.05, 0) is 42.7 Å². The van der Waals surface area contributed by atoms with E-state index < -0.39 is 0 Å². The smallest absolute Gasteiger partial charge is 0.121 e. The van der Waals surface area contributed by atoms with Crippen LogP contribution in [-0.4, -0.2) is 59.3 Å². The number of aryl methyl sites for hydroxylation is 1. The highest BCUT2D eigenvalue weighted by molar-refractivity contribution is 7.18. The van der Waals surface area contributed by atoms with Crippen molar-refractivity contribution in [2.75, 3.05) is 33.4 Å². The maximum atomic E-state index is 9.61. The number of aliphatic hydroxyl groups excluding tert-OH is 1. The number of ether oxygens (including phenoxy) is 1. The van der Waals surface area contributed by atoms with Gasteiger partial charge >= 0.3 is 0 Å². The van der Waals surface area contributed by atoms with Crippen LogP contribution in [0.2, 0.25) is 0 Å². The molecule has 2 heterocycles. The predicted octanol–water partition coefficient (Wildman–Crippen LogP) is 3.68. The average molecular weight is 412 g/mol. The molecule has 2 aromatic carbocycles. The van der Waals surface area contributed by atoms with Crippen LogP contribution in [0.4, 0.5) is 0 Å². The lowest BCUT2D eigenvalue weighted by Crippen LogP contribution is -2.52. The molecule has 0 spiro atoms. The summed E-state index contributed by atoms with van der Waals surface area (Å²) < 4.78 is 6.64. The van der Waals surface area contributed by atoms with Crippen LogP contribution in [0.3, 0.4) is 0 Å². The van der Waals surface area contributed by atoms with Crippen LogP contribution < -0.4 is 4.74 Å². The first-order chi connectivity index (χ1) is 14.2. The van der Waals surface area contributed by atoms with Gasteiger partial charge in [0.15, 0.2) is 0 Å². The third-order valence-corrected chi connectivity index (χ3v) is 6.71. The Balaban J connectivity index is 1.42. The van der Waals surface area contributed by atoms with Gasteiger partial charge in [-0.3, -0.25) is 9.80 Å². The van der Waals surface area contributed by atoms with Crippen molar-refractivity contribution in [1.29, 1.82) is 0 Å². The number of aromatic nitrogens is 1. The Morgan fingerprint density at radius 1 is 1.17 bits per heavy atom. The Morgan fingerprint density at radius 3 is 2.79 bits per heavy atom. The van der Waals surface area contributed by atoms with Crippen molar-refractivity contribution in [2.45, 2.75) is 32.5 Å². The average Bonchev–Trinajstić information content (AvgIpc) is 3.12. The molecule has 1 N–H and O–H groups in total. The molecule has 4 rings (SSSR count). The molecular formula is C23H29N3O2S. The van der Waals surface area contributed by atoms with Crippen LogP contribution in [0.15, 0.2) is 42.5 Å². The maximum Gasteiger partial charge on any atom is 0.121 e. The van der Waals surface area contributed by atoms with Gasteiger partial charge in [0.1, 0.15) is 10.8 Å². The normalized spacial score (nSPS) is 18.4. The molecule has 0 amide bonds. The highest BCUT2D eigenvalue weighted by atomic mass is 32.1. The molecule has 3 aromatic rings. The van der Waals surface area contributed by atoms with Crippen molar-refractivity contribution < 1.29 is 9.84 Å². The number of nitrogens with zero attached hydrogens (tertiary/aromatic N) is 3. The molecule has 0 aliphatic carbocycles. The van der Waals surface area contributed by atoms with Gasteiger partial charge in [0, 0.05) is 38.8 Å². The molecule has 1 saturated heterocycles. The summed E-state index contributed by atoms with van der Waals surface area (Å²) in [4.78, 5) is 9.78. The number of methoxy groups -OCH3 is 1. The summed E-state index contributed by atoms with van der Waals surface area (Å²) in [5, 5.41) is 10.8. The second kappa shape index (κ2) is 9.22. The highest BCUT2D eigenvalue weighted by Gasteiger charge is 2.27. The lowest BCUT2D eigenvalue weighted by molar-refractivity contribution is 0.0499. The van der Waals surface area contributed by atoms with E-state index in [-0.39, 0.29) is 6.61 Å². The second-order valence-electron chi connectivity index (χ2n) is 7.75. The van der Waals surface area contributed by atoms with Gasteiger partial charge in [-0.1, -0.05) is 24.3 Å². The van der Waals surface area contributed by atoms with Gasteiger partial charge in [0.25, 0.3) is 0 Å². The first kappa shape index (κ1) is 20.3. The van der Waals surface area contributed by atoms with Gasteiger partial charge in [-0.25, -0.2) is 4.98 Å². The highest BCUT2D eigenvalue weighted by Crippen LogP contribution is 2.25. The lowest BCUT2D eigenvalue weighted by atomic mass is 10.1. The van der Waals surface area contributed by atoms with E-state index in [1.807, 2.05) is 6.07 Å². The monoisotopic (exact) mass is 411 g/mol. The summed E-state index contributed by atoms with van der Waals surface area (Å²) in [5.74, 6) is 0.932. The van der Waals surface area contributed by atoms with Crippen LogP contribution in [0, 0.1) is 6.92 Å². The Kier molecular flexibility index (Phi) is 6.45. The Hall–Kier alpha value is -1.99. The number of aliphatic hydroxyl groups is 1. The lowest BCUT2D eigenvalue weighted by Gasteiger charge is -2.41. The van der Waals surface area contributed by atoms with Gasteiger partial charge < -0.3 is 9.84 Å². The largest absolute Gasteiger partial charge is 0.496 e. The van der Waals surface area contributed by atoms with Crippen molar-refractivity contribution in [3.05, 3.63) is 58.6 Å². The van der Waals surface area contributed by atoms with E-state index in [4.69, 9.17) is 9.72 Å². The zero-order chi connectivity index (χ0) is 20.2. The van der Waals surface area contributed by atoms with E-state index in [2.05, 4.69) is 53.1 Å². The summed E-state index contributed by atoms with van der Waals surface area (Å²) in [6.45, 7) is 7.09. The number of hydrogen-bond acceptors (Lipinski definition) is 6. The van der Waals surface area contributed by atoms with E-state index in [0.717, 1.165) is 56.0 Å². The van der Waals surface area contributed by atoms with Crippen LogP contribution in [0.1, 0.15) is 22.6 Å². The summed E-state index contributed by atoms with van der Waals surface area (Å²) in [5.41, 5.74) is 3.55. The molecule has 0 radical (unpaired) electrons. The number of hydrogen-bond donors (Lipinski definition) is 1. The molecule has 1 atom stereocenters. The molecule has 0 saturated carbocycles. The number of fused-ring (bicyclic) bond motifs is 1. The minimum absolute atomic E-state index is 0.220. The van der Waals surface area contributed by atoms with Crippen molar-refractivity contribution in [1.82, 2.24) is 14.8 Å². The van der Waals surface area contributed by atoms with Gasteiger partial charge in [0.2, 0.25) is 0 Å². The Morgan fingerprint density at radius 2 is 2.03 bits per heavy atom. The van der Waals surface area contributed by atoms with E-state index in [1.54, 1.807) is 18.4 Å². The molecule has 6 heteroatoms. The van der Waals surface area contributed by atoms with Gasteiger partial charge in [0.05, 0.1) is 23.9 Å². The number of rotatable bonds is 7. The first-order valence-corrected chi connectivity index (χ1v) is 11.0.